The van der Waals surface area contributed by atoms with Gasteiger partial charge in [0.25, 0.3) is 11.8 Å². The van der Waals surface area contributed by atoms with Crippen molar-refractivity contribution in [2.75, 3.05) is 68.0 Å². The minimum absolute atomic E-state index is 0.114. The highest BCUT2D eigenvalue weighted by Gasteiger charge is 2.28. The van der Waals surface area contributed by atoms with Crippen molar-refractivity contribution in [3.05, 3.63) is 114 Å². The van der Waals surface area contributed by atoms with Crippen LogP contribution in [0.2, 0.25) is 0 Å². The van der Waals surface area contributed by atoms with Gasteiger partial charge in [-0.15, -0.1) is 0 Å². The van der Waals surface area contributed by atoms with E-state index < -0.39 is 0 Å². The molecule has 0 spiro atoms. The van der Waals surface area contributed by atoms with Gasteiger partial charge in [0, 0.05) is 56.1 Å². The van der Waals surface area contributed by atoms with Crippen LogP contribution in [0.25, 0.3) is 11.1 Å². The number of nitrogens with zero attached hydrogens (tertiary/aromatic N) is 4. The Morgan fingerprint density at radius 1 is 0.682 bits per heavy atom. The van der Waals surface area contributed by atoms with Crippen molar-refractivity contribution in [3.8, 4) is 11.1 Å². The molecule has 0 aliphatic carbocycles. The lowest BCUT2D eigenvalue weighted by Crippen LogP contribution is -2.50. The number of hydrogen-bond donors (Lipinski definition) is 1. The fourth-order valence-corrected chi connectivity index (χ4v) is 5.92. The lowest BCUT2D eigenvalue weighted by molar-refractivity contribution is -0.131. The third kappa shape index (κ3) is 6.35. The van der Waals surface area contributed by atoms with Gasteiger partial charge < -0.3 is 24.9 Å². The van der Waals surface area contributed by atoms with Gasteiger partial charge in [-0.25, -0.2) is 0 Å². The van der Waals surface area contributed by atoms with E-state index in [1.807, 2.05) is 83.8 Å². The van der Waals surface area contributed by atoms with Crippen molar-refractivity contribution < 1.29 is 14.4 Å². The van der Waals surface area contributed by atoms with E-state index in [9.17, 15) is 14.4 Å². The van der Waals surface area contributed by atoms with E-state index >= 15 is 0 Å². The lowest BCUT2D eigenvalue weighted by atomic mass is 9.99. The van der Waals surface area contributed by atoms with E-state index in [-0.39, 0.29) is 17.7 Å². The molecule has 0 unspecified atom stereocenters. The van der Waals surface area contributed by atoms with Crippen molar-refractivity contribution in [3.63, 3.8) is 0 Å². The van der Waals surface area contributed by atoms with Crippen LogP contribution in [0, 0.1) is 0 Å². The Kier molecular flexibility index (Phi) is 8.70. The second kappa shape index (κ2) is 13.1. The highest BCUT2D eigenvalue weighted by atomic mass is 16.2. The van der Waals surface area contributed by atoms with Crippen LogP contribution in [0.3, 0.4) is 0 Å². The van der Waals surface area contributed by atoms with Crippen molar-refractivity contribution in [1.29, 1.82) is 0 Å². The maximum Gasteiger partial charge on any atom is 0.258 e. The molecule has 8 heteroatoms. The molecule has 1 N–H and O–H groups in total. The first kappa shape index (κ1) is 29.1. The van der Waals surface area contributed by atoms with Crippen LogP contribution in [0.15, 0.2) is 103 Å². The van der Waals surface area contributed by atoms with Gasteiger partial charge in [0.05, 0.1) is 17.9 Å². The number of anilines is 3. The molecule has 0 bridgehead atoms. The summed E-state index contributed by atoms with van der Waals surface area (Å²) in [5.41, 5.74) is 5.24. The molecular weight excluding hydrogens is 550 g/mol. The van der Waals surface area contributed by atoms with Gasteiger partial charge in [0.15, 0.2) is 0 Å². The van der Waals surface area contributed by atoms with E-state index in [1.54, 1.807) is 29.2 Å². The molecule has 0 atom stereocenters. The average molecular weight is 588 g/mol. The summed E-state index contributed by atoms with van der Waals surface area (Å²) in [5, 5.41) is 2.98. The Bertz CT molecular complexity index is 1630. The molecule has 6 rings (SSSR count). The predicted molar refractivity (Wildman–Crippen MR) is 175 cm³/mol. The summed E-state index contributed by atoms with van der Waals surface area (Å²) in [5.74, 6) is -0.204. The van der Waals surface area contributed by atoms with Crippen molar-refractivity contribution in [1.82, 2.24) is 9.80 Å². The predicted octanol–water partition coefficient (Wildman–Crippen LogP) is 5.24. The monoisotopic (exact) mass is 587 g/mol. The van der Waals surface area contributed by atoms with E-state index in [2.05, 4.69) is 22.2 Å². The summed E-state index contributed by atoms with van der Waals surface area (Å²) >= 11 is 0. The SMILES string of the molecule is CN1CCN(C(=O)CN2CCCN(C(=O)c3ccc(NC(=O)c4ccccc4-c4ccccc4)cc3)c3ccccc32)CC1. The van der Waals surface area contributed by atoms with Crippen molar-refractivity contribution in [2.45, 2.75) is 6.42 Å². The Hall–Kier alpha value is -4.95. The van der Waals surface area contributed by atoms with Gasteiger partial charge in [0.2, 0.25) is 5.91 Å². The third-order valence-corrected chi connectivity index (χ3v) is 8.40. The Labute approximate surface area is 258 Å². The van der Waals surface area contributed by atoms with Crippen LogP contribution >= 0.6 is 0 Å². The molecule has 0 radical (unpaired) electrons. The number of amides is 3. The molecule has 4 aromatic carbocycles. The number of rotatable bonds is 6. The Balaban J connectivity index is 1.16. The van der Waals surface area contributed by atoms with Crippen LogP contribution in [-0.4, -0.2) is 80.4 Å². The minimum Gasteiger partial charge on any atom is -0.360 e. The number of carbonyl (C=O) groups excluding carboxylic acids is 3. The summed E-state index contributed by atoms with van der Waals surface area (Å²) < 4.78 is 0. The molecule has 2 aliphatic heterocycles. The molecule has 4 aromatic rings. The third-order valence-electron chi connectivity index (χ3n) is 8.40. The first-order valence-corrected chi connectivity index (χ1v) is 15.2. The van der Waals surface area contributed by atoms with Gasteiger partial charge in [-0.2, -0.15) is 0 Å². The molecule has 0 saturated carbocycles. The molecule has 1 fully saturated rings. The van der Waals surface area contributed by atoms with Gasteiger partial charge in [-0.3, -0.25) is 14.4 Å². The van der Waals surface area contributed by atoms with Crippen molar-refractivity contribution in [2.24, 2.45) is 0 Å². The zero-order chi connectivity index (χ0) is 30.5. The first-order valence-electron chi connectivity index (χ1n) is 15.2. The number of hydrogen-bond acceptors (Lipinski definition) is 5. The molecular formula is C36H37N5O3. The first-order chi connectivity index (χ1) is 21.5. The van der Waals surface area contributed by atoms with E-state index in [0.717, 1.165) is 55.1 Å². The van der Waals surface area contributed by atoms with Gasteiger partial charge in [-0.1, -0.05) is 60.7 Å². The van der Waals surface area contributed by atoms with E-state index in [4.69, 9.17) is 0 Å². The van der Waals surface area contributed by atoms with E-state index in [1.165, 1.54) is 0 Å². The van der Waals surface area contributed by atoms with Crippen LogP contribution < -0.4 is 15.1 Å². The molecule has 0 aromatic heterocycles. The number of para-hydroxylation sites is 2. The zero-order valence-electron chi connectivity index (χ0n) is 25.0. The summed E-state index contributed by atoms with van der Waals surface area (Å²) in [6.07, 6.45) is 0.741. The molecule has 2 heterocycles. The number of carbonyl (C=O) groups is 3. The molecule has 2 aliphatic rings. The van der Waals surface area contributed by atoms with Crippen LogP contribution in [0.1, 0.15) is 27.1 Å². The minimum atomic E-state index is -0.212. The quantitative estimate of drug-likeness (QED) is 0.334. The summed E-state index contributed by atoms with van der Waals surface area (Å²) in [6.45, 7) is 4.78. The van der Waals surface area contributed by atoms with Crippen molar-refractivity contribution >= 4 is 34.8 Å². The number of benzene rings is 4. The fourth-order valence-electron chi connectivity index (χ4n) is 5.92. The van der Waals surface area contributed by atoms with Gasteiger partial charge >= 0.3 is 0 Å². The van der Waals surface area contributed by atoms with Crippen LogP contribution in [0.5, 0.6) is 0 Å². The van der Waals surface area contributed by atoms with Crippen LogP contribution in [-0.2, 0) is 4.79 Å². The number of nitrogens with one attached hydrogen (secondary N) is 1. The van der Waals surface area contributed by atoms with Gasteiger partial charge in [0.1, 0.15) is 0 Å². The standard InChI is InChI=1S/C36H37N5O3/c1-38-22-24-39(25-23-38)34(42)26-40-20-9-21-41(33-15-8-7-14-32(33)40)36(44)28-16-18-29(19-17-28)37-35(43)31-13-6-5-12-30(31)27-10-3-2-4-11-27/h2-8,10-19H,9,20-26H2,1H3,(H,37,43). The summed E-state index contributed by atoms with van der Waals surface area (Å²) in [4.78, 5) is 48.3. The fraction of sp³-hybridized carbons (Fsp3) is 0.250. The highest BCUT2D eigenvalue weighted by Crippen LogP contribution is 2.33. The smallest absolute Gasteiger partial charge is 0.258 e. The molecule has 224 valence electrons. The number of fused-ring (bicyclic) bond motifs is 1. The highest BCUT2D eigenvalue weighted by molar-refractivity contribution is 6.10. The number of piperazine rings is 1. The molecule has 3 amide bonds. The maximum atomic E-state index is 13.8. The lowest BCUT2D eigenvalue weighted by Gasteiger charge is -2.34. The summed E-state index contributed by atoms with van der Waals surface area (Å²) in [7, 11) is 2.08. The largest absolute Gasteiger partial charge is 0.360 e. The second-order valence-corrected chi connectivity index (χ2v) is 11.3. The molecule has 1 saturated heterocycles. The maximum absolute atomic E-state index is 13.8. The Morgan fingerprint density at radius 3 is 2.09 bits per heavy atom. The molecule has 44 heavy (non-hydrogen) atoms. The molecule has 8 nitrogen and oxygen atoms in total. The van der Waals surface area contributed by atoms with E-state index in [0.29, 0.717) is 36.4 Å². The van der Waals surface area contributed by atoms with Crippen LogP contribution in [0.4, 0.5) is 17.1 Å². The Morgan fingerprint density at radius 2 is 1.34 bits per heavy atom. The zero-order valence-corrected chi connectivity index (χ0v) is 25.0. The average Bonchev–Trinajstić information content (AvgIpc) is 3.25. The topological polar surface area (TPSA) is 76.2 Å². The second-order valence-electron chi connectivity index (χ2n) is 11.3. The normalized spacial score (nSPS) is 15.3. The van der Waals surface area contributed by atoms with Gasteiger partial charge in [-0.05, 0) is 67.1 Å². The summed E-state index contributed by atoms with van der Waals surface area (Å²) in [6, 6.07) is 32.2. The number of likely N-dealkylation sites (N-methyl/N-ethyl adjacent to an activating group) is 1.